The molecular weight excluding hydrogens is 569 g/mol. The van der Waals surface area contributed by atoms with Crippen molar-refractivity contribution in [2.45, 2.75) is 19.0 Å². The van der Waals surface area contributed by atoms with Crippen molar-refractivity contribution in [2.24, 2.45) is 4.99 Å². The van der Waals surface area contributed by atoms with Crippen LogP contribution in [-0.2, 0) is 11.3 Å². The molecule has 0 spiro atoms. The number of hydrogen-bond donors (Lipinski definition) is 4. The van der Waals surface area contributed by atoms with Crippen LogP contribution in [0.1, 0.15) is 44.3 Å². The number of nitrogens with zero attached hydrogens (tertiary/aromatic N) is 2. The molecule has 0 radical (unpaired) electrons. The fraction of sp³-hybridized carbons (Fsp3) is 0.172. The molecule has 210 valence electrons. The normalized spacial score (nSPS) is 14.6. The highest BCUT2D eigenvalue weighted by Crippen LogP contribution is 2.39. The van der Waals surface area contributed by atoms with Gasteiger partial charge < -0.3 is 30.4 Å². The Morgan fingerprint density at radius 3 is 2.76 bits per heavy atom. The van der Waals surface area contributed by atoms with Crippen LogP contribution < -0.4 is 16.0 Å². The highest BCUT2D eigenvalue weighted by Gasteiger charge is 2.36. The first kappa shape index (κ1) is 28.0. The Bertz CT molecular complexity index is 1700. The zero-order valence-corrected chi connectivity index (χ0v) is 23.1. The second-order valence-electron chi connectivity index (χ2n) is 9.54. The topological polar surface area (TPSA) is 136 Å². The Morgan fingerprint density at radius 2 is 1.98 bits per heavy atom. The molecule has 0 saturated carbocycles. The minimum Gasteiger partial charge on any atom is -0.481 e. The molecule has 2 aliphatic rings. The fourth-order valence-electron chi connectivity index (χ4n) is 5.11. The van der Waals surface area contributed by atoms with Crippen LogP contribution >= 0.6 is 24.0 Å². The molecule has 4 N–H and O–H groups in total. The van der Waals surface area contributed by atoms with E-state index in [1.807, 2.05) is 6.07 Å². The number of aliphatic imine (C=N–C) groups is 1. The van der Waals surface area contributed by atoms with Crippen LogP contribution in [0.3, 0.4) is 0 Å². The third kappa shape index (κ3) is 5.57. The van der Waals surface area contributed by atoms with E-state index in [0.29, 0.717) is 50.9 Å². The maximum absolute atomic E-state index is 13.6. The van der Waals surface area contributed by atoms with Crippen molar-refractivity contribution in [3.05, 3.63) is 94.2 Å². The SMILES string of the molecule is Cl.O=C(O)CC(c1ccc(Cl)c2occc12)N1Cc2ccc(NC(=O)c3cccc(NC4=NCCN4)c3)cc2C1=O. The molecule has 4 aromatic rings. The van der Waals surface area contributed by atoms with E-state index in [9.17, 15) is 19.5 Å². The van der Waals surface area contributed by atoms with Crippen molar-refractivity contribution in [3.8, 4) is 0 Å². The summed E-state index contributed by atoms with van der Waals surface area (Å²) in [5.41, 5.74) is 3.84. The molecule has 2 amide bonds. The molecule has 3 heterocycles. The number of carboxylic acids is 1. The van der Waals surface area contributed by atoms with E-state index in [1.165, 1.54) is 11.2 Å². The summed E-state index contributed by atoms with van der Waals surface area (Å²) in [6, 6.07) is 16.5. The lowest BCUT2D eigenvalue weighted by Crippen LogP contribution is -2.31. The zero-order valence-electron chi connectivity index (χ0n) is 21.5. The second kappa shape index (κ2) is 11.5. The number of carbonyl (C=O) groups is 3. The van der Waals surface area contributed by atoms with Gasteiger partial charge in [0.15, 0.2) is 11.5 Å². The minimum absolute atomic E-state index is 0. The number of benzene rings is 3. The van der Waals surface area contributed by atoms with Crippen molar-refractivity contribution >= 4 is 70.1 Å². The molecule has 1 atom stereocenters. The number of guanidine groups is 1. The first-order chi connectivity index (χ1) is 19.4. The Hall–Kier alpha value is -4.54. The molecule has 1 aromatic heterocycles. The summed E-state index contributed by atoms with van der Waals surface area (Å²) in [4.78, 5) is 44.3. The number of aliphatic carboxylic acids is 1. The predicted molar refractivity (Wildman–Crippen MR) is 158 cm³/mol. The maximum Gasteiger partial charge on any atom is 0.305 e. The van der Waals surface area contributed by atoms with Crippen LogP contribution in [0.5, 0.6) is 0 Å². The molecule has 10 nitrogen and oxygen atoms in total. The number of carboxylic acid groups (broad SMARTS) is 1. The average Bonchev–Trinajstić information content (AvgIpc) is 3.70. The Balaban J connectivity index is 0.00000337. The van der Waals surface area contributed by atoms with Gasteiger partial charge in [0, 0.05) is 41.0 Å². The highest BCUT2D eigenvalue weighted by molar-refractivity contribution is 6.35. The number of carbonyl (C=O) groups excluding carboxylic acids is 2. The molecule has 2 aliphatic heterocycles. The maximum atomic E-state index is 13.6. The molecule has 0 fully saturated rings. The van der Waals surface area contributed by atoms with Gasteiger partial charge in [-0.1, -0.05) is 29.8 Å². The Labute approximate surface area is 245 Å². The summed E-state index contributed by atoms with van der Waals surface area (Å²) in [6.07, 6.45) is 1.19. The molecule has 6 rings (SSSR count). The van der Waals surface area contributed by atoms with Gasteiger partial charge >= 0.3 is 5.97 Å². The largest absolute Gasteiger partial charge is 0.481 e. The number of anilines is 2. The third-order valence-electron chi connectivity index (χ3n) is 6.97. The van der Waals surface area contributed by atoms with E-state index in [0.717, 1.165) is 17.8 Å². The van der Waals surface area contributed by atoms with Crippen LogP contribution in [0.25, 0.3) is 11.0 Å². The molecule has 41 heavy (non-hydrogen) atoms. The van der Waals surface area contributed by atoms with Gasteiger partial charge in [-0.2, -0.15) is 0 Å². The van der Waals surface area contributed by atoms with Crippen LogP contribution in [0.15, 0.2) is 76.3 Å². The van der Waals surface area contributed by atoms with Crippen LogP contribution in [0, 0.1) is 0 Å². The predicted octanol–water partition coefficient (Wildman–Crippen LogP) is 5.30. The smallest absolute Gasteiger partial charge is 0.305 e. The molecule has 0 bridgehead atoms. The van der Waals surface area contributed by atoms with E-state index in [1.54, 1.807) is 54.6 Å². The number of halogens is 2. The van der Waals surface area contributed by atoms with Gasteiger partial charge in [0.05, 0.1) is 30.3 Å². The van der Waals surface area contributed by atoms with Crippen LogP contribution in [0.4, 0.5) is 11.4 Å². The van der Waals surface area contributed by atoms with Gasteiger partial charge in [-0.3, -0.25) is 19.4 Å². The first-order valence-corrected chi connectivity index (χ1v) is 13.0. The van der Waals surface area contributed by atoms with Gasteiger partial charge in [-0.25, -0.2) is 0 Å². The van der Waals surface area contributed by atoms with E-state index in [4.69, 9.17) is 16.0 Å². The number of hydrogen-bond acceptors (Lipinski definition) is 7. The summed E-state index contributed by atoms with van der Waals surface area (Å²) in [6.45, 7) is 1.69. The lowest BCUT2D eigenvalue weighted by atomic mass is 9.98. The Kier molecular flexibility index (Phi) is 7.87. The van der Waals surface area contributed by atoms with Crippen molar-refractivity contribution in [1.29, 1.82) is 0 Å². The number of fused-ring (bicyclic) bond motifs is 2. The molecule has 12 heteroatoms. The molecule has 1 unspecified atom stereocenters. The number of rotatable bonds is 7. The van der Waals surface area contributed by atoms with Crippen molar-refractivity contribution in [3.63, 3.8) is 0 Å². The molecular formula is C29H25Cl2N5O5. The van der Waals surface area contributed by atoms with Crippen LogP contribution in [0.2, 0.25) is 5.02 Å². The van der Waals surface area contributed by atoms with E-state index in [-0.39, 0.29) is 37.2 Å². The summed E-state index contributed by atoms with van der Waals surface area (Å²) in [5, 5.41) is 19.9. The van der Waals surface area contributed by atoms with Gasteiger partial charge in [-0.15, -0.1) is 12.4 Å². The van der Waals surface area contributed by atoms with Crippen molar-refractivity contribution in [2.75, 3.05) is 23.7 Å². The fourth-order valence-corrected chi connectivity index (χ4v) is 5.32. The van der Waals surface area contributed by atoms with E-state index < -0.39 is 12.0 Å². The summed E-state index contributed by atoms with van der Waals surface area (Å²) in [5.74, 6) is -1.03. The third-order valence-corrected chi connectivity index (χ3v) is 7.26. The quantitative estimate of drug-likeness (QED) is 0.228. The lowest BCUT2D eigenvalue weighted by Gasteiger charge is -2.27. The molecule has 0 saturated heterocycles. The van der Waals surface area contributed by atoms with Crippen molar-refractivity contribution in [1.82, 2.24) is 10.2 Å². The van der Waals surface area contributed by atoms with Crippen LogP contribution in [-0.4, -0.2) is 46.8 Å². The summed E-state index contributed by atoms with van der Waals surface area (Å²) < 4.78 is 5.49. The first-order valence-electron chi connectivity index (χ1n) is 12.7. The summed E-state index contributed by atoms with van der Waals surface area (Å²) in [7, 11) is 0. The number of amides is 2. The monoisotopic (exact) mass is 593 g/mol. The minimum atomic E-state index is -1.04. The van der Waals surface area contributed by atoms with E-state index in [2.05, 4.69) is 20.9 Å². The summed E-state index contributed by atoms with van der Waals surface area (Å²) >= 11 is 6.26. The van der Waals surface area contributed by atoms with Gasteiger partial charge in [0.1, 0.15) is 0 Å². The van der Waals surface area contributed by atoms with Gasteiger partial charge in [-0.05, 0) is 53.6 Å². The second-order valence-corrected chi connectivity index (χ2v) is 9.94. The number of nitrogens with one attached hydrogen (secondary N) is 3. The van der Waals surface area contributed by atoms with Crippen molar-refractivity contribution < 1.29 is 23.9 Å². The Morgan fingerprint density at radius 1 is 1.12 bits per heavy atom. The molecule has 3 aromatic carbocycles. The van der Waals surface area contributed by atoms with Gasteiger partial charge in [0.25, 0.3) is 11.8 Å². The molecule has 0 aliphatic carbocycles. The average molecular weight is 594 g/mol. The standard InChI is InChI=1S/C29H24ClN5O5.ClH/c30-23-7-6-20(21-8-11-40-26(21)23)24(14-25(36)37)35-15-17-4-5-19(13-22(17)28(35)39)33-27(38)16-2-1-3-18(12-16)34-29-31-9-10-32-29;/h1-8,11-13,24H,9-10,14-15H2,(H,33,38)(H,36,37)(H2,31,32,34);1H. The highest BCUT2D eigenvalue weighted by atomic mass is 35.5. The number of furan rings is 1. The lowest BCUT2D eigenvalue weighted by molar-refractivity contribution is -0.138. The zero-order chi connectivity index (χ0) is 27.8. The van der Waals surface area contributed by atoms with E-state index >= 15 is 0 Å². The van der Waals surface area contributed by atoms with Gasteiger partial charge in [0.2, 0.25) is 0 Å².